The van der Waals surface area contributed by atoms with Gasteiger partial charge in [-0.2, -0.15) is 13.2 Å². The molecule has 0 amide bonds. The van der Waals surface area contributed by atoms with Crippen molar-refractivity contribution in [2.45, 2.75) is 17.9 Å². The molecule has 0 saturated heterocycles. The van der Waals surface area contributed by atoms with Crippen LogP contribution >= 0.6 is 27.5 Å². The van der Waals surface area contributed by atoms with Crippen LogP contribution in [0.1, 0.15) is 23.2 Å². The molecule has 0 bridgehead atoms. The van der Waals surface area contributed by atoms with Gasteiger partial charge in [0, 0.05) is 5.33 Å². The van der Waals surface area contributed by atoms with Crippen LogP contribution in [0.5, 0.6) is 0 Å². The van der Waals surface area contributed by atoms with Crippen molar-refractivity contribution in [3.05, 3.63) is 28.0 Å². The first-order chi connectivity index (χ1) is 7.27. The maximum absolute atomic E-state index is 12.4. The first-order valence-electron chi connectivity index (χ1n) is 3.88. The lowest BCUT2D eigenvalue weighted by atomic mass is 10.1. The molecule has 0 radical (unpaired) electrons. The fraction of sp³-hybridized carbons (Fsp3) is 0.375. The van der Waals surface area contributed by atoms with Gasteiger partial charge in [0.2, 0.25) is 0 Å². The van der Waals surface area contributed by atoms with Crippen LogP contribution in [0.2, 0.25) is 5.15 Å². The van der Waals surface area contributed by atoms with Crippen molar-refractivity contribution in [2.75, 3.05) is 0 Å². The smallest absolute Gasteiger partial charge is 0.234 e. The van der Waals surface area contributed by atoms with E-state index >= 15 is 0 Å². The summed E-state index contributed by atoms with van der Waals surface area (Å²) in [5.41, 5.74) is -2.19. The van der Waals surface area contributed by atoms with Crippen LogP contribution in [0.3, 0.4) is 0 Å². The van der Waals surface area contributed by atoms with E-state index in [0.29, 0.717) is 6.07 Å². The highest BCUT2D eigenvalue weighted by Gasteiger charge is 2.35. The van der Waals surface area contributed by atoms with E-state index in [1.165, 1.54) is 0 Å². The molecule has 0 saturated carbocycles. The molecule has 90 valence electrons. The minimum absolute atomic E-state index is 0.153. The summed E-state index contributed by atoms with van der Waals surface area (Å²) in [6.45, 7) is 0. The molecule has 0 aromatic carbocycles. The van der Waals surface area contributed by atoms with Crippen LogP contribution < -0.4 is 0 Å². The standard InChI is InChI=1S/C8H4BrClF5N/c9-2-3-1-4(8(13,14)15)6(10)16-5(3)7(11)12/h1,7H,2H2. The van der Waals surface area contributed by atoms with Gasteiger partial charge >= 0.3 is 6.18 Å². The van der Waals surface area contributed by atoms with Crippen LogP contribution in [0.25, 0.3) is 0 Å². The Labute approximate surface area is 101 Å². The molecule has 1 nitrogen and oxygen atoms in total. The van der Waals surface area contributed by atoms with Gasteiger partial charge < -0.3 is 0 Å². The minimum Gasteiger partial charge on any atom is -0.234 e. The largest absolute Gasteiger partial charge is 0.419 e. The van der Waals surface area contributed by atoms with Crippen LogP contribution in [-0.4, -0.2) is 4.98 Å². The van der Waals surface area contributed by atoms with E-state index in [1.54, 1.807) is 0 Å². The first-order valence-corrected chi connectivity index (χ1v) is 5.38. The number of pyridine rings is 1. The van der Waals surface area contributed by atoms with E-state index in [2.05, 4.69) is 20.9 Å². The van der Waals surface area contributed by atoms with Gasteiger partial charge in [0.1, 0.15) is 10.8 Å². The lowest BCUT2D eigenvalue weighted by Crippen LogP contribution is -2.10. The van der Waals surface area contributed by atoms with Gasteiger partial charge in [-0.3, -0.25) is 0 Å². The summed E-state index contributed by atoms with van der Waals surface area (Å²) < 4.78 is 61.9. The summed E-state index contributed by atoms with van der Waals surface area (Å²) in [5, 5.41) is -1.12. The summed E-state index contributed by atoms with van der Waals surface area (Å²) in [6.07, 6.45) is -7.67. The number of hydrogen-bond donors (Lipinski definition) is 0. The second kappa shape index (κ2) is 4.83. The number of rotatable bonds is 2. The van der Waals surface area contributed by atoms with Crippen molar-refractivity contribution in [1.29, 1.82) is 0 Å². The zero-order chi connectivity index (χ0) is 12.5. The Morgan fingerprint density at radius 1 is 1.38 bits per heavy atom. The summed E-state index contributed by atoms with van der Waals surface area (Å²) in [5.74, 6) is 0. The van der Waals surface area contributed by atoms with E-state index in [1.807, 2.05) is 0 Å². The minimum atomic E-state index is -4.71. The lowest BCUT2D eigenvalue weighted by Gasteiger charge is -2.12. The Hall–Kier alpha value is -0.430. The van der Waals surface area contributed by atoms with E-state index < -0.39 is 29.0 Å². The monoisotopic (exact) mass is 323 g/mol. The SMILES string of the molecule is FC(F)c1nc(Cl)c(C(F)(F)F)cc1CBr. The maximum Gasteiger partial charge on any atom is 0.419 e. The molecule has 1 rings (SSSR count). The molecule has 0 aliphatic heterocycles. The highest BCUT2D eigenvalue weighted by molar-refractivity contribution is 9.08. The zero-order valence-corrected chi connectivity index (χ0v) is 9.80. The van der Waals surface area contributed by atoms with Crippen LogP contribution in [0, 0.1) is 0 Å². The van der Waals surface area contributed by atoms with Gasteiger partial charge in [0.05, 0.1) is 5.56 Å². The lowest BCUT2D eigenvalue weighted by molar-refractivity contribution is -0.137. The van der Waals surface area contributed by atoms with Crippen LogP contribution in [0.15, 0.2) is 6.07 Å². The van der Waals surface area contributed by atoms with Gasteiger partial charge in [-0.25, -0.2) is 13.8 Å². The number of hydrogen-bond acceptors (Lipinski definition) is 1. The third-order valence-electron chi connectivity index (χ3n) is 1.74. The Balaban J connectivity index is 3.37. The fourth-order valence-corrected chi connectivity index (χ4v) is 1.74. The van der Waals surface area contributed by atoms with Gasteiger partial charge in [-0.15, -0.1) is 0 Å². The van der Waals surface area contributed by atoms with Gasteiger partial charge in [-0.05, 0) is 11.6 Å². The Kier molecular flexibility index (Phi) is 4.12. The number of halogens is 7. The molecule has 1 aromatic rings. The molecule has 0 unspecified atom stereocenters. The van der Waals surface area contributed by atoms with E-state index in [9.17, 15) is 22.0 Å². The van der Waals surface area contributed by atoms with Crippen molar-refractivity contribution in [3.63, 3.8) is 0 Å². The first kappa shape index (κ1) is 13.6. The third-order valence-corrected chi connectivity index (χ3v) is 2.64. The molecule has 0 aliphatic rings. The van der Waals surface area contributed by atoms with Crippen LogP contribution in [-0.2, 0) is 11.5 Å². The van der Waals surface area contributed by atoms with Gasteiger partial charge in [0.15, 0.2) is 0 Å². The molecular formula is C8H4BrClF5N. The van der Waals surface area contributed by atoms with E-state index in [4.69, 9.17) is 11.6 Å². The summed E-state index contributed by atoms with van der Waals surface area (Å²) in [7, 11) is 0. The quantitative estimate of drug-likeness (QED) is 0.440. The maximum atomic E-state index is 12.4. The number of alkyl halides is 6. The summed E-state index contributed by atoms with van der Waals surface area (Å²) >= 11 is 8.03. The number of aromatic nitrogens is 1. The molecular weight excluding hydrogens is 320 g/mol. The molecule has 16 heavy (non-hydrogen) atoms. The molecule has 0 fully saturated rings. The molecule has 0 spiro atoms. The van der Waals surface area contributed by atoms with Crippen molar-refractivity contribution in [3.8, 4) is 0 Å². The molecule has 0 atom stereocenters. The Morgan fingerprint density at radius 3 is 2.31 bits per heavy atom. The van der Waals surface area contributed by atoms with Gasteiger partial charge in [-0.1, -0.05) is 27.5 Å². The third kappa shape index (κ3) is 2.82. The molecule has 0 aliphatic carbocycles. The van der Waals surface area contributed by atoms with Crippen molar-refractivity contribution >= 4 is 27.5 Å². The predicted octanol–water partition coefficient (Wildman–Crippen LogP) is 4.59. The Bertz CT molecular complexity index is 393. The summed E-state index contributed by atoms with van der Waals surface area (Å²) in [6, 6.07) is 0.575. The molecule has 1 aromatic heterocycles. The normalized spacial score (nSPS) is 12.2. The highest BCUT2D eigenvalue weighted by atomic mass is 79.9. The van der Waals surface area contributed by atoms with E-state index in [-0.39, 0.29) is 10.9 Å². The topological polar surface area (TPSA) is 12.9 Å². The highest BCUT2D eigenvalue weighted by Crippen LogP contribution is 2.36. The molecule has 0 N–H and O–H groups in total. The van der Waals surface area contributed by atoms with Crippen LogP contribution in [0.4, 0.5) is 22.0 Å². The van der Waals surface area contributed by atoms with E-state index in [0.717, 1.165) is 0 Å². The molecule has 1 heterocycles. The number of nitrogens with zero attached hydrogens (tertiary/aromatic N) is 1. The van der Waals surface area contributed by atoms with Crippen molar-refractivity contribution < 1.29 is 22.0 Å². The predicted molar refractivity (Wildman–Crippen MR) is 51.8 cm³/mol. The fourth-order valence-electron chi connectivity index (χ4n) is 1.04. The summed E-state index contributed by atoms with van der Waals surface area (Å²) in [4.78, 5) is 3.08. The van der Waals surface area contributed by atoms with Gasteiger partial charge in [0.25, 0.3) is 6.43 Å². The second-order valence-corrected chi connectivity index (χ2v) is 3.72. The zero-order valence-electron chi connectivity index (χ0n) is 7.45. The average Bonchev–Trinajstić information content (AvgIpc) is 2.15. The van der Waals surface area contributed by atoms with Crippen molar-refractivity contribution in [2.24, 2.45) is 0 Å². The second-order valence-electron chi connectivity index (χ2n) is 2.80. The van der Waals surface area contributed by atoms with Crippen molar-refractivity contribution in [1.82, 2.24) is 4.98 Å². The Morgan fingerprint density at radius 2 is 1.94 bits per heavy atom. The molecule has 8 heteroatoms. The average molecular weight is 324 g/mol.